The molecule has 90 valence electrons. The average Bonchev–Trinajstić information content (AvgIpc) is 2.30. The number of hydrogen-bond acceptors (Lipinski definition) is 3. The normalized spacial score (nSPS) is 28.7. The van der Waals surface area contributed by atoms with Gasteiger partial charge in [0.2, 0.25) is 10.0 Å². The Morgan fingerprint density at radius 2 is 2.00 bits per heavy atom. The summed E-state index contributed by atoms with van der Waals surface area (Å²) in [4.78, 5) is 0. The summed E-state index contributed by atoms with van der Waals surface area (Å²) in [5.74, 6) is 0.771. The molecule has 0 amide bonds. The smallest absolute Gasteiger partial charge is 0.213 e. The van der Waals surface area contributed by atoms with Crippen molar-refractivity contribution in [1.29, 1.82) is 0 Å². The quantitative estimate of drug-likeness (QED) is 0.708. The molecule has 0 aliphatic heterocycles. The highest BCUT2D eigenvalue weighted by Gasteiger charge is 2.20. The Morgan fingerprint density at radius 3 is 2.67 bits per heavy atom. The first kappa shape index (κ1) is 12.9. The molecule has 0 spiro atoms. The molecule has 2 atom stereocenters. The average molecular weight is 234 g/mol. The molecule has 0 saturated heterocycles. The Labute approximate surface area is 92.7 Å². The van der Waals surface area contributed by atoms with Crippen molar-refractivity contribution in [1.82, 2.24) is 4.72 Å². The first-order valence-corrected chi connectivity index (χ1v) is 7.39. The van der Waals surface area contributed by atoms with Gasteiger partial charge in [-0.2, -0.15) is 0 Å². The molecule has 1 aliphatic carbocycles. The molecule has 0 heterocycles. The Kier molecular flexibility index (Phi) is 5.02. The van der Waals surface area contributed by atoms with Gasteiger partial charge in [0.15, 0.2) is 0 Å². The third-order valence-electron chi connectivity index (χ3n) is 2.99. The predicted octanol–water partition coefficient (Wildman–Crippen LogP) is 0.833. The standard InChI is InChI=1S/C10H22N2O2S/c1-9-3-2-4-10(6-5-9)12-15(13,14)8-7-11/h9-10,12H,2-8,11H2,1H3. The van der Waals surface area contributed by atoms with Crippen LogP contribution >= 0.6 is 0 Å². The van der Waals surface area contributed by atoms with E-state index in [0.29, 0.717) is 0 Å². The lowest BCUT2D eigenvalue weighted by Crippen LogP contribution is -2.37. The highest BCUT2D eigenvalue weighted by atomic mass is 32.2. The predicted molar refractivity (Wildman–Crippen MR) is 62.0 cm³/mol. The van der Waals surface area contributed by atoms with Gasteiger partial charge in [0.05, 0.1) is 5.75 Å². The summed E-state index contributed by atoms with van der Waals surface area (Å²) in [6.45, 7) is 2.43. The molecule has 1 rings (SSSR count). The van der Waals surface area contributed by atoms with E-state index < -0.39 is 10.0 Å². The lowest BCUT2D eigenvalue weighted by atomic mass is 10.0. The molecule has 0 aromatic heterocycles. The molecular formula is C10H22N2O2S. The van der Waals surface area contributed by atoms with Crippen molar-refractivity contribution in [3.8, 4) is 0 Å². The second kappa shape index (κ2) is 5.82. The minimum Gasteiger partial charge on any atom is -0.329 e. The van der Waals surface area contributed by atoms with Crippen LogP contribution in [0.15, 0.2) is 0 Å². The van der Waals surface area contributed by atoms with Gasteiger partial charge in [0.25, 0.3) is 0 Å². The lowest BCUT2D eigenvalue weighted by molar-refractivity contribution is 0.484. The summed E-state index contributed by atoms with van der Waals surface area (Å²) in [6.07, 6.45) is 5.39. The molecule has 1 aliphatic rings. The molecule has 0 aromatic carbocycles. The van der Waals surface area contributed by atoms with E-state index in [4.69, 9.17) is 5.73 Å². The highest BCUT2D eigenvalue weighted by molar-refractivity contribution is 7.89. The SMILES string of the molecule is CC1CCCC(NS(=O)(=O)CCN)CC1. The van der Waals surface area contributed by atoms with E-state index in [1.807, 2.05) is 0 Å². The summed E-state index contributed by atoms with van der Waals surface area (Å²) in [7, 11) is -3.14. The van der Waals surface area contributed by atoms with Gasteiger partial charge >= 0.3 is 0 Å². The third-order valence-corrected chi connectivity index (χ3v) is 4.46. The van der Waals surface area contributed by atoms with Crippen molar-refractivity contribution in [2.24, 2.45) is 11.7 Å². The molecule has 4 nitrogen and oxygen atoms in total. The maximum absolute atomic E-state index is 11.5. The van der Waals surface area contributed by atoms with Crippen LogP contribution in [0, 0.1) is 5.92 Å². The molecule has 5 heteroatoms. The fourth-order valence-electron chi connectivity index (χ4n) is 2.07. The Hall–Kier alpha value is -0.130. The molecule has 0 aromatic rings. The number of rotatable bonds is 4. The molecule has 1 fully saturated rings. The molecular weight excluding hydrogens is 212 g/mol. The van der Waals surface area contributed by atoms with Crippen LogP contribution in [0.25, 0.3) is 0 Å². The molecule has 15 heavy (non-hydrogen) atoms. The van der Waals surface area contributed by atoms with Gasteiger partial charge in [-0.3, -0.25) is 0 Å². The largest absolute Gasteiger partial charge is 0.329 e. The monoisotopic (exact) mass is 234 g/mol. The first-order valence-electron chi connectivity index (χ1n) is 5.73. The van der Waals surface area contributed by atoms with Crippen LogP contribution < -0.4 is 10.5 Å². The summed E-state index contributed by atoms with van der Waals surface area (Å²) in [6, 6.07) is 0.131. The Balaban J connectivity index is 2.44. The van der Waals surface area contributed by atoms with Crippen LogP contribution in [0.2, 0.25) is 0 Å². The van der Waals surface area contributed by atoms with Gasteiger partial charge in [0.1, 0.15) is 0 Å². The maximum Gasteiger partial charge on any atom is 0.213 e. The van der Waals surface area contributed by atoms with E-state index in [-0.39, 0.29) is 18.3 Å². The van der Waals surface area contributed by atoms with E-state index in [1.54, 1.807) is 0 Å². The van der Waals surface area contributed by atoms with Gasteiger partial charge in [-0.05, 0) is 25.2 Å². The topological polar surface area (TPSA) is 72.2 Å². The maximum atomic E-state index is 11.5. The van der Waals surface area contributed by atoms with Crippen LogP contribution in [-0.4, -0.2) is 26.8 Å². The summed E-state index contributed by atoms with van der Waals surface area (Å²) in [5.41, 5.74) is 5.25. The van der Waals surface area contributed by atoms with Crippen LogP contribution in [0.5, 0.6) is 0 Å². The lowest BCUT2D eigenvalue weighted by Gasteiger charge is -2.16. The minimum atomic E-state index is -3.14. The number of sulfonamides is 1. The van der Waals surface area contributed by atoms with E-state index >= 15 is 0 Å². The number of nitrogens with one attached hydrogen (secondary N) is 1. The summed E-state index contributed by atoms with van der Waals surface area (Å²) < 4.78 is 25.8. The zero-order valence-corrected chi connectivity index (χ0v) is 10.2. The van der Waals surface area contributed by atoms with Gasteiger partial charge in [-0.15, -0.1) is 0 Å². The van der Waals surface area contributed by atoms with E-state index in [1.165, 1.54) is 6.42 Å². The van der Waals surface area contributed by atoms with Crippen LogP contribution in [-0.2, 0) is 10.0 Å². The Morgan fingerprint density at radius 1 is 1.27 bits per heavy atom. The first-order chi connectivity index (χ1) is 7.03. The van der Waals surface area contributed by atoms with Crippen molar-refractivity contribution in [3.63, 3.8) is 0 Å². The molecule has 0 bridgehead atoms. The summed E-state index contributed by atoms with van der Waals surface area (Å²) in [5, 5.41) is 0. The van der Waals surface area contributed by atoms with Crippen LogP contribution in [0.1, 0.15) is 39.0 Å². The van der Waals surface area contributed by atoms with Crippen LogP contribution in [0.3, 0.4) is 0 Å². The summed E-state index contributed by atoms with van der Waals surface area (Å²) >= 11 is 0. The van der Waals surface area contributed by atoms with Crippen molar-refractivity contribution in [2.75, 3.05) is 12.3 Å². The zero-order valence-electron chi connectivity index (χ0n) is 9.41. The number of nitrogens with two attached hydrogens (primary N) is 1. The third kappa shape index (κ3) is 4.95. The van der Waals surface area contributed by atoms with Gasteiger partial charge in [0, 0.05) is 12.6 Å². The molecule has 1 saturated carbocycles. The fourth-order valence-corrected chi connectivity index (χ4v) is 3.24. The van der Waals surface area contributed by atoms with Crippen molar-refractivity contribution in [3.05, 3.63) is 0 Å². The van der Waals surface area contributed by atoms with E-state index in [2.05, 4.69) is 11.6 Å². The van der Waals surface area contributed by atoms with Crippen molar-refractivity contribution in [2.45, 2.75) is 45.1 Å². The zero-order chi connectivity index (χ0) is 11.3. The van der Waals surface area contributed by atoms with E-state index in [0.717, 1.165) is 31.6 Å². The Bertz CT molecular complexity index is 277. The van der Waals surface area contributed by atoms with Crippen molar-refractivity contribution < 1.29 is 8.42 Å². The molecule has 0 radical (unpaired) electrons. The van der Waals surface area contributed by atoms with Gasteiger partial charge in [-0.25, -0.2) is 13.1 Å². The van der Waals surface area contributed by atoms with Gasteiger partial charge < -0.3 is 5.73 Å². The second-order valence-corrected chi connectivity index (χ2v) is 6.41. The van der Waals surface area contributed by atoms with Crippen LogP contribution in [0.4, 0.5) is 0 Å². The number of hydrogen-bond donors (Lipinski definition) is 2. The van der Waals surface area contributed by atoms with E-state index in [9.17, 15) is 8.42 Å². The molecule has 3 N–H and O–H groups in total. The van der Waals surface area contributed by atoms with Gasteiger partial charge in [-0.1, -0.05) is 19.8 Å². The fraction of sp³-hybridized carbons (Fsp3) is 1.00. The minimum absolute atomic E-state index is 0.0407. The van der Waals surface area contributed by atoms with Crippen molar-refractivity contribution >= 4 is 10.0 Å². The molecule has 2 unspecified atom stereocenters. The second-order valence-electron chi connectivity index (χ2n) is 4.54. The highest BCUT2D eigenvalue weighted by Crippen LogP contribution is 2.22.